The molecule has 1 fully saturated rings. The molecule has 0 radical (unpaired) electrons. The minimum Gasteiger partial charge on any atom is -0.482 e. The number of carbonyl (C=O) groups excluding carboxylic acids is 2. The maximum Gasteiger partial charge on any atom is 0.270 e. The number of hydrogen-bond acceptors (Lipinski definition) is 6. The van der Waals surface area contributed by atoms with Crippen LogP contribution in [-0.4, -0.2) is 36.8 Å². The van der Waals surface area contributed by atoms with E-state index < -0.39 is 0 Å². The Bertz CT molecular complexity index is 1340. The lowest BCUT2D eigenvalue weighted by Gasteiger charge is -2.17. The van der Waals surface area contributed by atoms with Crippen molar-refractivity contribution in [2.75, 3.05) is 35.8 Å². The molecule has 4 rings (SSSR count). The highest BCUT2D eigenvalue weighted by molar-refractivity contribution is 8.27. The van der Waals surface area contributed by atoms with Crippen LogP contribution in [-0.2, 0) is 9.59 Å². The van der Waals surface area contributed by atoms with Gasteiger partial charge in [0.2, 0.25) is 0 Å². The van der Waals surface area contributed by atoms with Gasteiger partial charge in [-0.05, 0) is 67.1 Å². The van der Waals surface area contributed by atoms with Crippen LogP contribution in [0.25, 0.3) is 6.08 Å². The lowest BCUT2D eigenvalue weighted by molar-refractivity contribution is -0.118. The SMILES string of the molecule is Cc1ccc(NC(=O)COc2ccc(/C=C3\SC(=S)N(c4ccc(N(C)C)cc4)C3=O)cc2Cl)cc1. The zero-order valence-electron chi connectivity index (χ0n) is 19.9. The van der Waals surface area contributed by atoms with Gasteiger partial charge in [-0.3, -0.25) is 14.5 Å². The zero-order valence-corrected chi connectivity index (χ0v) is 22.3. The topological polar surface area (TPSA) is 61.9 Å². The molecule has 0 saturated carbocycles. The van der Waals surface area contributed by atoms with Crippen molar-refractivity contribution in [1.82, 2.24) is 0 Å². The predicted molar refractivity (Wildman–Crippen MR) is 153 cm³/mol. The summed E-state index contributed by atoms with van der Waals surface area (Å²) in [5.74, 6) is -0.102. The van der Waals surface area contributed by atoms with Gasteiger partial charge in [0.15, 0.2) is 10.9 Å². The summed E-state index contributed by atoms with van der Waals surface area (Å²) in [6.45, 7) is 1.80. The maximum absolute atomic E-state index is 13.1. The Morgan fingerprint density at radius 1 is 1.11 bits per heavy atom. The van der Waals surface area contributed by atoms with Gasteiger partial charge in [0.25, 0.3) is 11.8 Å². The van der Waals surface area contributed by atoms with Crippen LogP contribution in [0.15, 0.2) is 71.6 Å². The average molecular weight is 538 g/mol. The van der Waals surface area contributed by atoms with Crippen LogP contribution in [0.3, 0.4) is 0 Å². The molecule has 9 heteroatoms. The van der Waals surface area contributed by atoms with Gasteiger partial charge in [-0.15, -0.1) is 0 Å². The van der Waals surface area contributed by atoms with Gasteiger partial charge in [-0.25, -0.2) is 0 Å². The molecule has 1 heterocycles. The second kappa shape index (κ2) is 11.2. The molecule has 0 bridgehead atoms. The third-order valence-corrected chi connectivity index (χ3v) is 6.96. The third kappa shape index (κ3) is 6.07. The molecule has 1 aliphatic rings. The summed E-state index contributed by atoms with van der Waals surface area (Å²) in [7, 11) is 3.91. The third-order valence-electron chi connectivity index (χ3n) is 5.37. The fraction of sp³-hybridized carbons (Fsp3) is 0.148. The summed E-state index contributed by atoms with van der Waals surface area (Å²) in [4.78, 5) is 29.3. The minimum absolute atomic E-state index is 0.182. The number of hydrogen-bond donors (Lipinski definition) is 1. The van der Waals surface area contributed by atoms with Gasteiger partial charge in [0.1, 0.15) is 5.75 Å². The van der Waals surface area contributed by atoms with Gasteiger partial charge in [0, 0.05) is 25.5 Å². The maximum atomic E-state index is 13.1. The number of thioether (sulfide) groups is 1. The van der Waals surface area contributed by atoms with E-state index in [0.717, 1.165) is 22.5 Å². The molecule has 0 unspecified atom stereocenters. The molecule has 0 spiro atoms. The lowest BCUT2D eigenvalue weighted by Crippen LogP contribution is -2.27. The second-order valence-electron chi connectivity index (χ2n) is 8.32. The first kappa shape index (κ1) is 25.8. The van der Waals surface area contributed by atoms with E-state index in [-0.39, 0.29) is 18.4 Å². The molecule has 0 atom stereocenters. The van der Waals surface area contributed by atoms with Crippen molar-refractivity contribution < 1.29 is 14.3 Å². The molecular formula is C27H24ClN3O3S2. The van der Waals surface area contributed by atoms with E-state index in [2.05, 4.69) is 5.32 Å². The minimum atomic E-state index is -0.290. The highest BCUT2D eigenvalue weighted by Gasteiger charge is 2.33. The average Bonchev–Trinajstić information content (AvgIpc) is 3.12. The van der Waals surface area contributed by atoms with Gasteiger partial charge < -0.3 is 15.0 Å². The molecular weight excluding hydrogens is 514 g/mol. The van der Waals surface area contributed by atoms with Gasteiger partial charge >= 0.3 is 0 Å². The van der Waals surface area contributed by atoms with E-state index in [1.165, 1.54) is 16.7 Å². The van der Waals surface area contributed by atoms with Crippen LogP contribution in [0, 0.1) is 6.92 Å². The molecule has 36 heavy (non-hydrogen) atoms. The highest BCUT2D eigenvalue weighted by atomic mass is 35.5. The summed E-state index contributed by atoms with van der Waals surface area (Å²) in [6.07, 6.45) is 1.74. The largest absolute Gasteiger partial charge is 0.482 e. The van der Waals surface area contributed by atoms with E-state index in [4.69, 9.17) is 28.6 Å². The molecule has 1 aliphatic heterocycles. The number of anilines is 3. The van der Waals surface area contributed by atoms with Gasteiger partial charge in [-0.2, -0.15) is 0 Å². The summed E-state index contributed by atoms with van der Waals surface area (Å²) < 4.78 is 6.06. The van der Waals surface area contributed by atoms with Crippen LogP contribution in [0.4, 0.5) is 17.1 Å². The van der Waals surface area contributed by atoms with Crippen LogP contribution >= 0.6 is 35.6 Å². The summed E-state index contributed by atoms with van der Waals surface area (Å²) in [5, 5.41) is 3.11. The van der Waals surface area contributed by atoms with E-state index in [1.54, 1.807) is 24.3 Å². The first-order valence-corrected chi connectivity index (χ1v) is 12.7. The first-order valence-electron chi connectivity index (χ1n) is 11.1. The molecule has 0 aliphatic carbocycles. The Kier molecular flexibility index (Phi) is 7.98. The van der Waals surface area contributed by atoms with Crippen molar-refractivity contribution in [2.24, 2.45) is 0 Å². The molecule has 3 aromatic rings. The molecule has 3 aromatic carbocycles. The highest BCUT2D eigenvalue weighted by Crippen LogP contribution is 2.37. The standard InChI is InChI=1S/C27H24ClN3O3S2/c1-17-4-7-19(8-5-17)29-25(32)16-34-23-13-6-18(14-22(23)28)15-24-26(33)31(27(35)36-24)21-11-9-20(10-12-21)30(2)3/h4-15H,16H2,1-3H3,(H,29,32)/b24-15-. The van der Waals surface area contributed by atoms with E-state index >= 15 is 0 Å². The molecule has 2 amide bonds. The van der Waals surface area contributed by atoms with Crippen molar-refractivity contribution >= 4 is 74.9 Å². The number of rotatable bonds is 7. The van der Waals surface area contributed by atoms with Gasteiger partial charge in [-0.1, -0.05) is 59.3 Å². The number of thiocarbonyl (C=S) groups is 1. The van der Waals surface area contributed by atoms with Crippen molar-refractivity contribution in [2.45, 2.75) is 6.92 Å². The summed E-state index contributed by atoms with van der Waals surface area (Å²) >= 11 is 13.1. The number of aryl methyl sites for hydroxylation is 1. The number of carbonyl (C=O) groups is 2. The monoisotopic (exact) mass is 537 g/mol. The fourth-order valence-electron chi connectivity index (χ4n) is 3.44. The number of nitrogens with one attached hydrogen (secondary N) is 1. The number of nitrogens with zero attached hydrogens (tertiary/aromatic N) is 2. The summed E-state index contributed by atoms with van der Waals surface area (Å²) in [5.41, 5.74) is 4.28. The Labute approximate surface area is 224 Å². The number of halogens is 1. The van der Waals surface area contributed by atoms with Crippen LogP contribution in [0.5, 0.6) is 5.75 Å². The molecule has 6 nitrogen and oxygen atoms in total. The van der Waals surface area contributed by atoms with Crippen molar-refractivity contribution in [1.29, 1.82) is 0 Å². The molecule has 1 N–H and O–H groups in total. The zero-order chi connectivity index (χ0) is 25.8. The van der Waals surface area contributed by atoms with Crippen LogP contribution in [0.2, 0.25) is 5.02 Å². The Hall–Kier alpha value is -3.33. The van der Waals surface area contributed by atoms with Gasteiger partial charge in [0.05, 0.1) is 15.6 Å². The smallest absolute Gasteiger partial charge is 0.270 e. The number of benzene rings is 3. The lowest BCUT2D eigenvalue weighted by atomic mass is 10.2. The summed E-state index contributed by atoms with van der Waals surface area (Å²) in [6, 6.07) is 20.3. The van der Waals surface area contributed by atoms with Crippen LogP contribution < -0.4 is 19.9 Å². The molecule has 1 saturated heterocycles. The predicted octanol–water partition coefficient (Wildman–Crippen LogP) is 6.14. The fourth-order valence-corrected chi connectivity index (χ4v) is 4.99. The van der Waals surface area contributed by atoms with E-state index in [9.17, 15) is 9.59 Å². The Morgan fingerprint density at radius 2 is 1.81 bits per heavy atom. The second-order valence-corrected chi connectivity index (χ2v) is 10.4. The Morgan fingerprint density at radius 3 is 2.44 bits per heavy atom. The quantitative estimate of drug-likeness (QED) is 0.288. The van der Waals surface area contributed by atoms with Crippen molar-refractivity contribution in [3.63, 3.8) is 0 Å². The normalized spacial score (nSPS) is 14.3. The van der Waals surface area contributed by atoms with Crippen molar-refractivity contribution in [3.05, 3.63) is 87.8 Å². The number of ether oxygens (including phenoxy) is 1. The van der Waals surface area contributed by atoms with E-state index in [1.807, 2.05) is 74.4 Å². The number of amides is 2. The molecule has 184 valence electrons. The van der Waals surface area contributed by atoms with E-state index in [0.29, 0.717) is 25.7 Å². The Balaban J connectivity index is 1.41. The van der Waals surface area contributed by atoms with Crippen LogP contribution in [0.1, 0.15) is 11.1 Å². The first-order chi connectivity index (χ1) is 17.2. The molecule has 0 aromatic heterocycles. The van der Waals surface area contributed by atoms with Crippen molar-refractivity contribution in [3.8, 4) is 5.75 Å².